The molecule has 0 aromatic carbocycles. The average Bonchev–Trinajstić information content (AvgIpc) is 3.03. The molecule has 1 saturated heterocycles. The molecular formula is C26H38N4O2. The lowest BCUT2D eigenvalue weighted by Gasteiger charge is -2.39. The van der Waals surface area contributed by atoms with Crippen LogP contribution in [0.4, 0.5) is 5.82 Å². The Balaban J connectivity index is 1.82. The number of methoxy groups -OCH3 is 1. The maximum absolute atomic E-state index is 13.5. The predicted molar refractivity (Wildman–Crippen MR) is 131 cm³/mol. The summed E-state index contributed by atoms with van der Waals surface area (Å²) in [5.74, 6) is 0.918. The summed E-state index contributed by atoms with van der Waals surface area (Å²) in [6.07, 6.45) is 8.57. The number of nitrogens with zero attached hydrogens (tertiary/aromatic N) is 3. The lowest BCUT2D eigenvalue weighted by molar-refractivity contribution is -0.121. The van der Waals surface area contributed by atoms with Crippen molar-refractivity contribution in [3.8, 4) is 0 Å². The Bertz CT molecular complexity index is 890. The summed E-state index contributed by atoms with van der Waals surface area (Å²) in [5.41, 5.74) is 3.16. The number of rotatable bonds is 8. The minimum Gasteiger partial charge on any atom is -0.383 e. The third-order valence-corrected chi connectivity index (χ3v) is 6.40. The first-order valence-electron chi connectivity index (χ1n) is 11.5. The van der Waals surface area contributed by atoms with Crippen molar-refractivity contribution in [2.24, 2.45) is 0 Å². The Morgan fingerprint density at radius 3 is 2.88 bits per heavy atom. The minimum atomic E-state index is -0.120. The molecule has 2 atom stereocenters. The van der Waals surface area contributed by atoms with Crippen LogP contribution in [0.5, 0.6) is 0 Å². The van der Waals surface area contributed by atoms with E-state index in [1.807, 2.05) is 17.9 Å². The van der Waals surface area contributed by atoms with Crippen LogP contribution in [0.3, 0.4) is 0 Å². The van der Waals surface area contributed by atoms with Gasteiger partial charge in [-0.3, -0.25) is 14.6 Å². The first-order chi connectivity index (χ1) is 15.3. The highest BCUT2D eigenvalue weighted by Gasteiger charge is 2.40. The molecule has 3 heterocycles. The summed E-state index contributed by atoms with van der Waals surface area (Å²) in [5, 5.41) is 3.49. The molecule has 0 aliphatic carbocycles. The van der Waals surface area contributed by atoms with E-state index in [2.05, 4.69) is 61.9 Å². The fourth-order valence-electron chi connectivity index (χ4n) is 4.58. The van der Waals surface area contributed by atoms with E-state index >= 15 is 0 Å². The molecule has 0 bridgehead atoms. The number of fused-ring (bicyclic) bond motifs is 1. The number of hydrogen-bond donors (Lipinski definition) is 1. The SMILES string of the molecule is C=C/C=C\C(=C/C)Cc1ccc2c(n1)N(C(=O)CN1C[C@@H](C)NC[C@@H]1COC)CC2(C)C. The number of anilines is 1. The quantitative estimate of drug-likeness (QED) is 0.632. The van der Waals surface area contributed by atoms with Crippen molar-refractivity contribution in [2.45, 2.75) is 51.6 Å². The van der Waals surface area contributed by atoms with Gasteiger partial charge in [0, 0.05) is 61.9 Å². The van der Waals surface area contributed by atoms with Gasteiger partial charge in [-0.15, -0.1) is 0 Å². The van der Waals surface area contributed by atoms with Gasteiger partial charge in [0.15, 0.2) is 0 Å². The Hall–Kier alpha value is -2.28. The van der Waals surface area contributed by atoms with Crippen molar-refractivity contribution in [1.82, 2.24) is 15.2 Å². The molecule has 1 N–H and O–H groups in total. The van der Waals surface area contributed by atoms with E-state index < -0.39 is 0 Å². The second kappa shape index (κ2) is 10.6. The van der Waals surface area contributed by atoms with Crippen LogP contribution in [0.1, 0.15) is 39.0 Å². The zero-order chi connectivity index (χ0) is 23.3. The van der Waals surface area contributed by atoms with Crippen LogP contribution in [0.25, 0.3) is 0 Å². The summed E-state index contributed by atoms with van der Waals surface area (Å²) in [7, 11) is 1.71. The van der Waals surface area contributed by atoms with Gasteiger partial charge in [-0.1, -0.05) is 50.8 Å². The molecule has 1 fully saturated rings. The van der Waals surface area contributed by atoms with Crippen LogP contribution in [0.2, 0.25) is 0 Å². The van der Waals surface area contributed by atoms with Crippen LogP contribution in [0, 0.1) is 0 Å². The lowest BCUT2D eigenvalue weighted by atomic mass is 9.88. The van der Waals surface area contributed by atoms with E-state index in [0.717, 1.165) is 36.6 Å². The van der Waals surface area contributed by atoms with Gasteiger partial charge in [-0.05, 0) is 25.5 Å². The van der Waals surface area contributed by atoms with Crippen molar-refractivity contribution in [3.05, 3.63) is 59.8 Å². The topological polar surface area (TPSA) is 57.7 Å². The predicted octanol–water partition coefficient (Wildman–Crippen LogP) is 3.25. The number of piperazine rings is 1. The van der Waals surface area contributed by atoms with Gasteiger partial charge in [0.25, 0.3) is 0 Å². The van der Waals surface area contributed by atoms with Crippen LogP contribution in [-0.4, -0.2) is 67.8 Å². The highest BCUT2D eigenvalue weighted by atomic mass is 16.5. The third kappa shape index (κ3) is 5.55. The second-order valence-electron chi connectivity index (χ2n) is 9.52. The first-order valence-corrected chi connectivity index (χ1v) is 11.5. The van der Waals surface area contributed by atoms with Gasteiger partial charge >= 0.3 is 0 Å². The van der Waals surface area contributed by atoms with Crippen molar-refractivity contribution in [1.29, 1.82) is 0 Å². The van der Waals surface area contributed by atoms with Crippen LogP contribution in [-0.2, 0) is 21.4 Å². The first kappa shape index (κ1) is 24.4. The van der Waals surface area contributed by atoms with Crippen LogP contribution in [0.15, 0.2) is 48.6 Å². The number of pyridine rings is 1. The standard InChI is InChI=1S/C26H38N4O2/c1-7-9-10-20(8-2)13-21-11-12-23-25(28-21)30(18-26(23,4)5)24(31)16-29-15-19(3)27-14-22(29)17-32-6/h7-12,19,22,27H,1,13-18H2,2-6H3/b10-9-,20-8+/t19-,22-/m1/s1. The highest BCUT2D eigenvalue weighted by Crippen LogP contribution is 2.39. The van der Waals surface area contributed by atoms with E-state index in [9.17, 15) is 4.79 Å². The van der Waals surface area contributed by atoms with E-state index in [1.165, 1.54) is 5.57 Å². The number of allylic oxidation sites excluding steroid dienone is 5. The fourth-order valence-corrected chi connectivity index (χ4v) is 4.58. The van der Waals surface area contributed by atoms with Gasteiger partial charge in [0.05, 0.1) is 13.2 Å². The molecule has 2 aliphatic heterocycles. The average molecular weight is 439 g/mol. The monoisotopic (exact) mass is 438 g/mol. The Kier molecular flexibility index (Phi) is 8.04. The molecule has 0 spiro atoms. The largest absolute Gasteiger partial charge is 0.383 e. The van der Waals surface area contributed by atoms with Gasteiger partial charge in [-0.25, -0.2) is 4.98 Å². The molecule has 174 valence electrons. The molecule has 1 amide bonds. The van der Waals surface area contributed by atoms with Crippen molar-refractivity contribution in [3.63, 3.8) is 0 Å². The molecule has 6 nitrogen and oxygen atoms in total. The molecule has 6 heteroatoms. The number of carbonyl (C=O) groups excluding carboxylic acids is 1. The molecule has 0 saturated carbocycles. The summed E-state index contributed by atoms with van der Waals surface area (Å²) in [4.78, 5) is 22.6. The molecule has 0 unspecified atom stereocenters. The maximum Gasteiger partial charge on any atom is 0.242 e. The van der Waals surface area contributed by atoms with E-state index in [0.29, 0.717) is 25.7 Å². The number of nitrogens with one attached hydrogen (secondary N) is 1. The summed E-state index contributed by atoms with van der Waals surface area (Å²) >= 11 is 0. The molecule has 3 rings (SSSR count). The summed E-state index contributed by atoms with van der Waals surface area (Å²) in [6, 6.07) is 4.79. The lowest BCUT2D eigenvalue weighted by Crippen LogP contribution is -2.59. The Morgan fingerprint density at radius 2 is 2.19 bits per heavy atom. The van der Waals surface area contributed by atoms with E-state index in [-0.39, 0.29) is 17.4 Å². The number of amides is 1. The zero-order valence-corrected chi connectivity index (χ0v) is 20.2. The summed E-state index contributed by atoms with van der Waals surface area (Å²) < 4.78 is 5.40. The molecule has 1 aromatic heterocycles. The third-order valence-electron chi connectivity index (χ3n) is 6.40. The number of aromatic nitrogens is 1. The molecule has 0 radical (unpaired) electrons. The molecular weight excluding hydrogens is 400 g/mol. The van der Waals surface area contributed by atoms with Gasteiger partial charge in [-0.2, -0.15) is 0 Å². The zero-order valence-electron chi connectivity index (χ0n) is 20.2. The fraction of sp³-hybridized carbons (Fsp3) is 0.538. The minimum absolute atomic E-state index is 0.106. The van der Waals surface area contributed by atoms with Gasteiger partial charge < -0.3 is 10.1 Å². The smallest absolute Gasteiger partial charge is 0.242 e. The van der Waals surface area contributed by atoms with Crippen molar-refractivity contribution in [2.75, 3.05) is 44.8 Å². The van der Waals surface area contributed by atoms with Crippen molar-refractivity contribution >= 4 is 11.7 Å². The van der Waals surface area contributed by atoms with E-state index in [4.69, 9.17) is 9.72 Å². The highest BCUT2D eigenvalue weighted by molar-refractivity contribution is 5.96. The second-order valence-corrected chi connectivity index (χ2v) is 9.52. The molecule has 32 heavy (non-hydrogen) atoms. The molecule has 2 aliphatic rings. The van der Waals surface area contributed by atoms with Crippen molar-refractivity contribution < 1.29 is 9.53 Å². The number of hydrogen-bond acceptors (Lipinski definition) is 5. The van der Waals surface area contributed by atoms with Crippen LogP contribution >= 0.6 is 0 Å². The Labute approximate surface area is 193 Å². The number of ether oxygens (including phenoxy) is 1. The molecule has 1 aromatic rings. The maximum atomic E-state index is 13.5. The Morgan fingerprint density at radius 1 is 1.41 bits per heavy atom. The van der Waals surface area contributed by atoms with Gasteiger partial charge in [0.2, 0.25) is 5.91 Å². The van der Waals surface area contributed by atoms with Gasteiger partial charge in [0.1, 0.15) is 5.82 Å². The van der Waals surface area contributed by atoms with Crippen LogP contribution < -0.4 is 10.2 Å². The normalized spacial score (nSPS) is 23.5. The number of carbonyl (C=O) groups is 1. The summed E-state index contributed by atoms with van der Waals surface area (Å²) in [6.45, 7) is 15.6. The van der Waals surface area contributed by atoms with E-state index in [1.54, 1.807) is 13.2 Å².